The van der Waals surface area contributed by atoms with Gasteiger partial charge in [-0.3, -0.25) is 10.1 Å². The highest BCUT2D eigenvalue weighted by Gasteiger charge is 2.16. The Kier molecular flexibility index (Phi) is 6.52. The summed E-state index contributed by atoms with van der Waals surface area (Å²) in [5, 5.41) is 3.20. The van der Waals surface area contributed by atoms with E-state index < -0.39 is 0 Å². The van der Waals surface area contributed by atoms with Crippen molar-refractivity contribution in [3.05, 3.63) is 29.8 Å². The number of esters is 1. The summed E-state index contributed by atoms with van der Waals surface area (Å²) in [6.07, 6.45) is 0. The van der Waals surface area contributed by atoms with Crippen molar-refractivity contribution in [3.63, 3.8) is 0 Å². The zero-order valence-electron chi connectivity index (χ0n) is 13.0. The lowest BCUT2D eigenvalue weighted by Gasteiger charge is -2.19. The molecule has 0 aromatic heterocycles. The minimum atomic E-state index is -0.327. The Labute approximate surface area is 121 Å². The molecule has 0 heterocycles. The average Bonchev–Trinajstić information content (AvgIpc) is 2.44. The summed E-state index contributed by atoms with van der Waals surface area (Å²) in [7, 11) is 1.39. The fourth-order valence-corrected chi connectivity index (χ4v) is 1.83. The zero-order valence-corrected chi connectivity index (χ0v) is 13.0. The van der Waals surface area contributed by atoms with Crippen molar-refractivity contribution in [3.8, 4) is 5.75 Å². The Morgan fingerprint density at radius 2 is 1.75 bits per heavy atom. The van der Waals surface area contributed by atoms with Gasteiger partial charge in [0.05, 0.1) is 13.7 Å². The number of ether oxygens (including phenoxy) is 2. The van der Waals surface area contributed by atoms with Crippen LogP contribution in [0.25, 0.3) is 0 Å². The molecule has 4 nitrogen and oxygen atoms in total. The van der Waals surface area contributed by atoms with Crippen LogP contribution in [0.15, 0.2) is 24.3 Å². The summed E-state index contributed by atoms with van der Waals surface area (Å²) in [6.45, 7) is 8.77. The third kappa shape index (κ3) is 5.21. The third-order valence-electron chi connectivity index (χ3n) is 3.02. The molecule has 0 saturated carbocycles. The first-order chi connectivity index (χ1) is 9.43. The maximum atomic E-state index is 11.4. The van der Waals surface area contributed by atoms with E-state index in [0.717, 1.165) is 11.3 Å². The first-order valence-electron chi connectivity index (χ1n) is 7.00. The van der Waals surface area contributed by atoms with Gasteiger partial charge in [-0.25, -0.2) is 0 Å². The van der Waals surface area contributed by atoms with Crippen LogP contribution < -0.4 is 10.1 Å². The monoisotopic (exact) mass is 279 g/mol. The normalized spacial score (nSPS) is 13.9. The van der Waals surface area contributed by atoms with E-state index in [9.17, 15) is 4.79 Å². The number of hydrogen-bond acceptors (Lipinski definition) is 4. The second-order valence-corrected chi connectivity index (χ2v) is 5.41. The van der Waals surface area contributed by atoms with Gasteiger partial charge in [0, 0.05) is 6.04 Å². The van der Waals surface area contributed by atoms with E-state index >= 15 is 0 Å². The highest BCUT2D eigenvalue weighted by molar-refractivity contribution is 5.75. The van der Waals surface area contributed by atoms with Crippen LogP contribution in [-0.2, 0) is 9.53 Å². The predicted molar refractivity (Wildman–Crippen MR) is 79.8 cm³/mol. The maximum absolute atomic E-state index is 11.4. The molecule has 2 unspecified atom stereocenters. The first-order valence-corrected chi connectivity index (χ1v) is 7.00. The van der Waals surface area contributed by atoms with E-state index in [4.69, 9.17) is 9.47 Å². The van der Waals surface area contributed by atoms with E-state index in [1.54, 1.807) is 6.92 Å². The molecule has 1 aromatic carbocycles. The van der Waals surface area contributed by atoms with Crippen LogP contribution in [0.5, 0.6) is 5.75 Å². The molecule has 1 N–H and O–H groups in total. The molecule has 1 aromatic rings. The Morgan fingerprint density at radius 3 is 2.25 bits per heavy atom. The lowest BCUT2D eigenvalue weighted by molar-refractivity contribution is -0.142. The van der Waals surface area contributed by atoms with Crippen LogP contribution >= 0.6 is 0 Å². The van der Waals surface area contributed by atoms with Crippen molar-refractivity contribution in [2.45, 2.75) is 39.8 Å². The molecule has 112 valence electrons. The molecule has 1 rings (SSSR count). The second-order valence-electron chi connectivity index (χ2n) is 5.41. The molecule has 2 atom stereocenters. The van der Waals surface area contributed by atoms with E-state index in [0.29, 0.717) is 12.5 Å². The summed E-state index contributed by atoms with van der Waals surface area (Å²) in [4.78, 5) is 11.4. The topological polar surface area (TPSA) is 47.6 Å². The third-order valence-corrected chi connectivity index (χ3v) is 3.02. The predicted octanol–water partition coefficient (Wildman–Crippen LogP) is 2.93. The van der Waals surface area contributed by atoms with Crippen molar-refractivity contribution >= 4 is 5.97 Å². The molecule has 0 aliphatic rings. The van der Waals surface area contributed by atoms with Crippen LogP contribution in [0.1, 0.15) is 39.3 Å². The van der Waals surface area contributed by atoms with Gasteiger partial charge >= 0.3 is 5.97 Å². The smallest absolute Gasteiger partial charge is 0.322 e. The van der Waals surface area contributed by atoms with E-state index in [1.165, 1.54) is 7.11 Å². The molecule has 0 saturated heterocycles. The number of methoxy groups -OCH3 is 1. The Balaban J connectivity index is 2.57. The van der Waals surface area contributed by atoms with Gasteiger partial charge < -0.3 is 9.47 Å². The van der Waals surface area contributed by atoms with Gasteiger partial charge in [0.1, 0.15) is 11.8 Å². The van der Waals surface area contributed by atoms with E-state index in [1.807, 2.05) is 31.2 Å². The Bertz CT molecular complexity index is 414. The minimum absolute atomic E-state index is 0.0725. The minimum Gasteiger partial charge on any atom is -0.493 e. The summed E-state index contributed by atoms with van der Waals surface area (Å²) in [5.74, 6) is 1.13. The van der Waals surface area contributed by atoms with Crippen molar-refractivity contribution in [2.24, 2.45) is 5.92 Å². The summed E-state index contributed by atoms with van der Waals surface area (Å²) < 4.78 is 10.3. The highest BCUT2D eigenvalue weighted by atomic mass is 16.5. The molecule has 0 amide bonds. The summed E-state index contributed by atoms with van der Waals surface area (Å²) >= 11 is 0. The van der Waals surface area contributed by atoms with Gasteiger partial charge in [0.15, 0.2) is 0 Å². The van der Waals surface area contributed by atoms with E-state index in [2.05, 4.69) is 19.2 Å². The van der Waals surface area contributed by atoms with Gasteiger partial charge in [-0.05, 0) is 37.5 Å². The Morgan fingerprint density at radius 1 is 1.15 bits per heavy atom. The number of hydrogen-bond donors (Lipinski definition) is 1. The standard InChI is InChI=1S/C16H25NO3/c1-11(2)10-20-15-8-6-14(7-9-15)12(3)17-13(4)16(18)19-5/h6-9,11-13,17H,10H2,1-5H3. The van der Waals surface area contributed by atoms with Gasteiger partial charge in [0.25, 0.3) is 0 Å². The van der Waals surface area contributed by atoms with E-state index in [-0.39, 0.29) is 18.1 Å². The molecule has 0 spiro atoms. The van der Waals surface area contributed by atoms with Crippen LogP contribution in [0.4, 0.5) is 0 Å². The number of carbonyl (C=O) groups excluding carboxylic acids is 1. The number of nitrogens with one attached hydrogen (secondary N) is 1. The molecular weight excluding hydrogens is 254 g/mol. The second kappa shape index (κ2) is 7.90. The van der Waals surface area contributed by atoms with Crippen LogP contribution in [0.3, 0.4) is 0 Å². The van der Waals surface area contributed by atoms with Crippen LogP contribution in [0, 0.1) is 5.92 Å². The molecule has 0 aliphatic heterocycles. The molecule has 20 heavy (non-hydrogen) atoms. The molecule has 0 aliphatic carbocycles. The molecule has 4 heteroatoms. The van der Waals surface area contributed by atoms with Crippen LogP contribution in [0.2, 0.25) is 0 Å². The van der Waals surface area contributed by atoms with Gasteiger partial charge in [0.2, 0.25) is 0 Å². The Hall–Kier alpha value is -1.55. The fraction of sp³-hybridized carbons (Fsp3) is 0.562. The summed E-state index contributed by atoms with van der Waals surface area (Å²) in [6, 6.07) is 7.68. The quantitative estimate of drug-likeness (QED) is 0.780. The lowest BCUT2D eigenvalue weighted by Crippen LogP contribution is -2.36. The maximum Gasteiger partial charge on any atom is 0.322 e. The first kappa shape index (κ1) is 16.5. The number of carbonyl (C=O) groups is 1. The van der Waals surface area contributed by atoms with Gasteiger partial charge in [-0.15, -0.1) is 0 Å². The SMILES string of the molecule is COC(=O)C(C)NC(C)c1ccc(OCC(C)C)cc1. The van der Waals surface area contributed by atoms with Crippen molar-refractivity contribution in [1.29, 1.82) is 0 Å². The highest BCUT2D eigenvalue weighted by Crippen LogP contribution is 2.18. The van der Waals surface area contributed by atoms with Crippen molar-refractivity contribution < 1.29 is 14.3 Å². The van der Waals surface area contributed by atoms with Crippen molar-refractivity contribution in [2.75, 3.05) is 13.7 Å². The molecular formula is C16H25NO3. The summed E-state index contributed by atoms with van der Waals surface area (Å²) in [5.41, 5.74) is 1.11. The molecule has 0 radical (unpaired) electrons. The zero-order chi connectivity index (χ0) is 15.1. The number of benzene rings is 1. The number of rotatable bonds is 7. The largest absolute Gasteiger partial charge is 0.493 e. The average molecular weight is 279 g/mol. The van der Waals surface area contributed by atoms with Gasteiger partial charge in [-0.2, -0.15) is 0 Å². The fourth-order valence-electron chi connectivity index (χ4n) is 1.83. The van der Waals surface area contributed by atoms with Crippen molar-refractivity contribution in [1.82, 2.24) is 5.32 Å². The van der Waals surface area contributed by atoms with Gasteiger partial charge in [-0.1, -0.05) is 26.0 Å². The van der Waals surface area contributed by atoms with Crippen LogP contribution in [-0.4, -0.2) is 25.7 Å². The molecule has 0 bridgehead atoms. The lowest BCUT2D eigenvalue weighted by atomic mass is 10.1. The molecule has 0 fully saturated rings.